The molecule has 0 saturated carbocycles. The third-order valence-corrected chi connectivity index (χ3v) is 8.80. The number of nitrogens with zero attached hydrogens (tertiary/aromatic N) is 9. The number of carboxylic acid groups (broad SMARTS) is 1. The lowest BCUT2D eigenvalue weighted by Gasteiger charge is -2.49. The standard InChI is InChI=1S/C20H18N10O7S3/c1-36-25-13(10-7-40-20(21-8-31)29(10)37-2)16(32)22-14-17(33)28-15(19(34)35)9(6-39-18(14)28)5-38-12-4-3-11-23-26-27-30(11)24-12/h3-4,7-8,14,18H,5-6H2,1-2H3,(H,22,32)(H,34,35)/t14-,18+/m1/s1. The Kier molecular flexibility index (Phi) is 7.80. The van der Waals surface area contributed by atoms with Crippen molar-refractivity contribution in [1.82, 2.24) is 40.2 Å². The van der Waals surface area contributed by atoms with Crippen molar-refractivity contribution in [2.24, 2.45) is 10.1 Å². The van der Waals surface area contributed by atoms with Gasteiger partial charge in [-0.3, -0.25) is 19.3 Å². The predicted octanol–water partition coefficient (Wildman–Crippen LogP) is -1.62. The number of carbonyl (C=O) groups excluding carboxylic acids is 3. The average Bonchev–Trinajstić information content (AvgIpc) is 3.59. The summed E-state index contributed by atoms with van der Waals surface area (Å²) in [5, 5.41) is 33.1. The van der Waals surface area contributed by atoms with Crippen LogP contribution in [0, 0.1) is 0 Å². The number of fused-ring (bicyclic) bond motifs is 2. The van der Waals surface area contributed by atoms with Gasteiger partial charge in [-0.15, -0.1) is 49.7 Å². The maximum atomic E-state index is 13.2. The molecule has 0 aliphatic carbocycles. The first-order valence-corrected chi connectivity index (χ1v) is 14.0. The van der Waals surface area contributed by atoms with Gasteiger partial charge in [0.1, 0.15) is 42.1 Å². The third-order valence-electron chi connectivity index (χ3n) is 5.63. The Balaban J connectivity index is 1.33. The molecule has 208 valence electrons. The zero-order valence-corrected chi connectivity index (χ0v) is 23.0. The van der Waals surface area contributed by atoms with Crippen LogP contribution in [0.1, 0.15) is 5.69 Å². The number of aromatic nitrogens is 6. The first-order chi connectivity index (χ1) is 19.4. The average molecular weight is 607 g/mol. The number of thiazole rings is 1. The van der Waals surface area contributed by atoms with Crippen LogP contribution < -0.4 is 15.0 Å². The molecule has 3 aromatic heterocycles. The van der Waals surface area contributed by atoms with Crippen molar-refractivity contribution in [1.29, 1.82) is 0 Å². The number of carboxylic acids is 1. The molecule has 3 aromatic rings. The molecule has 1 fully saturated rings. The minimum absolute atomic E-state index is 0.129. The number of β-lactam (4-membered cyclic amide) rings is 1. The molecule has 20 heteroatoms. The molecule has 0 spiro atoms. The highest BCUT2D eigenvalue weighted by Crippen LogP contribution is 2.41. The fourth-order valence-electron chi connectivity index (χ4n) is 3.93. The van der Waals surface area contributed by atoms with Crippen molar-refractivity contribution in [2.45, 2.75) is 16.4 Å². The predicted molar refractivity (Wildman–Crippen MR) is 139 cm³/mol. The number of tetrazole rings is 1. The zero-order valence-electron chi connectivity index (χ0n) is 20.5. The lowest BCUT2D eigenvalue weighted by molar-refractivity contribution is -0.150. The third kappa shape index (κ3) is 4.91. The van der Waals surface area contributed by atoms with Crippen LogP contribution in [0.4, 0.5) is 0 Å². The quantitative estimate of drug-likeness (QED) is 0.0875. The number of aliphatic carboxylic acids is 1. The first-order valence-electron chi connectivity index (χ1n) is 11.1. The Labute approximate surface area is 235 Å². The number of thioether (sulfide) groups is 2. The van der Waals surface area contributed by atoms with Crippen LogP contribution in [0.3, 0.4) is 0 Å². The number of carbonyl (C=O) groups is 4. The summed E-state index contributed by atoms with van der Waals surface area (Å²) >= 11 is 3.62. The van der Waals surface area contributed by atoms with E-state index in [0.717, 1.165) is 16.1 Å². The van der Waals surface area contributed by atoms with Gasteiger partial charge in [0.2, 0.25) is 11.2 Å². The molecular formula is C20H18N10O7S3. The van der Waals surface area contributed by atoms with Crippen LogP contribution >= 0.6 is 34.9 Å². The van der Waals surface area contributed by atoms with E-state index in [1.165, 1.54) is 52.7 Å². The summed E-state index contributed by atoms with van der Waals surface area (Å²) in [6.07, 6.45) is 0.323. The molecule has 2 aliphatic rings. The maximum Gasteiger partial charge on any atom is 0.352 e. The summed E-state index contributed by atoms with van der Waals surface area (Å²) in [6, 6.07) is 2.38. The van der Waals surface area contributed by atoms with Gasteiger partial charge in [0.25, 0.3) is 11.8 Å². The van der Waals surface area contributed by atoms with Gasteiger partial charge in [0, 0.05) is 16.9 Å². The van der Waals surface area contributed by atoms with Crippen LogP contribution in [0.2, 0.25) is 0 Å². The summed E-state index contributed by atoms with van der Waals surface area (Å²) in [6.45, 7) is 0. The highest BCUT2D eigenvalue weighted by atomic mass is 32.2. The van der Waals surface area contributed by atoms with E-state index in [1.807, 2.05) is 0 Å². The molecule has 0 bridgehead atoms. The Morgan fingerprint density at radius 3 is 2.90 bits per heavy atom. The minimum Gasteiger partial charge on any atom is -0.477 e. The summed E-state index contributed by atoms with van der Waals surface area (Å²) in [7, 11) is 2.55. The number of rotatable bonds is 10. The highest BCUT2D eigenvalue weighted by Gasteiger charge is 2.54. The van der Waals surface area contributed by atoms with Gasteiger partial charge in [-0.1, -0.05) is 5.16 Å². The van der Waals surface area contributed by atoms with Crippen LogP contribution in [0.25, 0.3) is 5.65 Å². The van der Waals surface area contributed by atoms with Crippen LogP contribution in [0.15, 0.2) is 44.0 Å². The highest BCUT2D eigenvalue weighted by molar-refractivity contribution is 8.01. The van der Waals surface area contributed by atoms with E-state index in [4.69, 9.17) is 9.68 Å². The second-order valence-electron chi connectivity index (χ2n) is 7.84. The minimum atomic E-state index is -1.25. The van der Waals surface area contributed by atoms with Gasteiger partial charge >= 0.3 is 5.97 Å². The van der Waals surface area contributed by atoms with E-state index >= 15 is 0 Å². The van der Waals surface area contributed by atoms with E-state index < -0.39 is 29.2 Å². The topological polar surface area (TPSA) is 208 Å². The molecule has 3 amide bonds. The van der Waals surface area contributed by atoms with Crippen molar-refractivity contribution in [2.75, 3.05) is 25.7 Å². The molecule has 1 saturated heterocycles. The molecule has 2 atom stereocenters. The number of hydrogen-bond acceptors (Lipinski definition) is 14. The molecule has 5 rings (SSSR count). The molecular weight excluding hydrogens is 588 g/mol. The normalized spacial score (nSPS) is 19.4. The van der Waals surface area contributed by atoms with Crippen LogP contribution in [-0.2, 0) is 24.0 Å². The largest absolute Gasteiger partial charge is 0.477 e. The summed E-state index contributed by atoms with van der Waals surface area (Å²) in [5.74, 6) is -2.04. The Morgan fingerprint density at radius 2 is 2.17 bits per heavy atom. The van der Waals surface area contributed by atoms with Crippen LogP contribution in [0.5, 0.6) is 0 Å². The summed E-state index contributed by atoms with van der Waals surface area (Å²) in [4.78, 5) is 64.3. The number of nitrogens with one attached hydrogen (secondary N) is 1. The first kappa shape index (κ1) is 27.3. The van der Waals surface area contributed by atoms with Crippen molar-refractivity contribution in [3.63, 3.8) is 0 Å². The fraction of sp³-hybridized carbons (Fsp3) is 0.300. The van der Waals surface area contributed by atoms with Gasteiger partial charge in [-0.05, 0) is 28.1 Å². The second kappa shape index (κ2) is 11.4. The monoisotopic (exact) mass is 606 g/mol. The van der Waals surface area contributed by atoms with Crippen LogP contribution in [-0.4, -0.2) is 107 Å². The van der Waals surface area contributed by atoms with Crippen molar-refractivity contribution in [3.05, 3.63) is 39.3 Å². The van der Waals surface area contributed by atoms with E-state index in [-0.39, 0.29) is 27.7 Å². The smallest absolute Gasteiger partial charge is 0.352 e. The lowest BCUT2D eigenvalue weighted by Crippen LogP contribution is -2.71. The van der Waals surface area contributed by atoms with E-state index in [9.17, 15) is 24.3 Å². The SMILES string of the molecule is CON=C(C(=O)N[C@@H]1C(=O)N2C(C(=O)O)=C(CSc3ccc4nnnn4n3)CS[C@@H]12)c1csc(=NC=O)n1OC. The molecule has 0 aromatic carbocycles. The Morgan fingerprint density at radius 1 is 1.35 bits per heavy atom. The van der Waals surface area contributed by atoms with Gasteiger partial charge in [0.15, 0.2) is 11.4 Å². The van der Waals surface area contributed by atoms with E-state index in [2.05, 4.69) is 36.1 Å². The van der Waals surface area contributed by atoms with E-state index in [1.54, 1.807) is 12.1 Å². The van der Waals surface area contributed by atoms with Gasteiger partial charge in [0.05, 0.1) is 0 Å². The molecule has 0 radical (unpaired) electrons. The molecule has 17 nitrogen and oxygen atoms in total. The van der Waals surface area contributed by atoms with Gasteiger partial charge in [-0.2, -0.15) is 9.72 Å². The van der Waals surface area contributed by atoms with Crippen molar-refractivity contribution in [3.8, 4) is 0 Å². The van der Waals surface area contributed by atoms with E-state index in [0.29, 0.717) is 28.4 Å². The molecule has 2 N–H and O–H groups in total. The molecule has 5 heterocycles. The number of hydrogen-bond donors (Lipinski definition) is 2. The summed E-state index contributed by atoms with van der Waals surface area (Å²) < 4.78 is 2.37. The molecule has 2 aliphatic heterocycles. The fourth-order valence-corrected chi connectivity index (χ4v) is 7.07. The number of oxime groups is 1. The maximum absolute atomic E-state index is 13.2. The second-order valence-corrected chi connectivity index (χ2v) is 10.8. The Hall–Kier alpha value is -4.30. The van der Waals surface area contributed by atoms with Crippen molar-refractivity contribution >= 4 is 70.4 Å². The zero-order chi connectivity index (χ0) is 28.4. The lowest BCUT2D eigenvalue weighted by atomic mass is 10.0. The van der Waals surface area contributed by atoms with Gasteiger partial charge < -0.3 is 20.1 Å². The number of amides is 3. The van der Waals surface area contributed by atoms with Gasteiger partial charge in [-0.25, -0.2) is 4.79 Å². The molecule has 0 unspecified atom stereocenters. The summed E-state index contributed by atoms with van der Waals surface area (Å²) in [5.41, 5.74) is 0.764. The molecule has 40 heavy (non-hydrogen) atoms. The Bertz CT molecular complexity index is 1640. The van der Waals surface area contributed by atoms with Crippen molar-refractivity contribution < 1.29 is 34.0 Å².